The summed E-state index contributed by atoms with van der Waals surface area (Å²) in [5.74, 6) is -0.126. The molecule has 0 spiro atoms. The van der Waals surface area contributed by atoms with E-state index in [4.69, 9.17) is 5.73 Å². The predicted octanol–water partition coefficient (Wildman–Crippen LogP) is 2.08. The molecule has 3 nitrogen and oxygen atoms in total. The van der Waals surface area contributed by atoms with Crippen LogP contribution in [0.5, 0.6) is 0 Å². The highest BCUT2D eigenvalue weighted by Gasteiger charge is 2.12. The zero-order chi connectivity index (χ0) is 11.3. The highest BCUT2D eigenvalue weighted by Crippen LogP contribution is 2.24. The fourth-order valence-electron chi connectivity index (χ4n) is 1.16. The van der Waals surface area contributed by atoms with Crippen LogP contribution in [0, 0.1) is 0 Å². The van der Waals surface area contributed by atoms with Crippen molar-refractivity contribution in [1.29, 1.82) is 0 Å². The van der Waals surface area contributed by atoms with Gasteiger partial charge in [-0.15, -0.1) is 11.8 Å². The Hall–Kier alpha value is -1.00. The first kappa shape index (κ1) is 12.1. The molecule has 1 rings (SSSR count). The van der Waals surface area contributed by atoms with Crippen LogP contribution in [0.25, 0.3) is 0 Å². The molecule has 0 radical (unpaired) electrons. The summed E-state index contributed by atoms with van der Waals surface area (Å²) in [6.07, 6.45) is 2.62. The molecule has 0 saturated heterocycles. The number of nitrogens with two attached hydrogens (primary N) is 1. The second kappa shape index (κ2) is 5.78. The topological polar surface area (TPSA) is 55.1 Å². The molecule has 0 aliphatic rings. The van der Waals surface area contributed by atoms with Gasteiger partial charge in [-0.05, 0) is 24.8 Å². The van der Waals surface area contributed by atoms with Crippen molar-refractivity contribution in [3.8, 4) is 0 Å². The number of benzene rings is 1. The molecule has 0 saturated carbocycles. The van der Waals surface area contributed by atoms with Gasteiger partial charge in [0.15, 0.2) is 0 Å². The molecule has 82 valence electrons. The van der Waals surface area contributed by atoms with Gasteiger partial charge >= 0.3 is 0 Å². The standard InChI is InChI=1S/C11H16N2OS/c1-3-8(12)11(14)13-9-6-4-5-7-10(9)15-2/h4-8H,3,12H2,1-2H3,(H,13,14). The van der Waals surface area contributed by atoms with Crippen LogP contribution >= 0.6 is 11.8 Å². The highest BCUT2D eigenvalue weighted by molar-refractivity contribution is 7.98. The van der Waals surface area contributed by atoms with Gasteiger partial charge in [0, 0.05) is 4.90 Å². The van der Waals surface area contributed by atoms with Crippen molar-refractivity contribution in [1.82, 2.24) is 0 Å². The van der Waals surface area contributed by atoms with Crippen molar-refractivity contribution in [2.24, 2.45) is 5.73 Å². The summed E-state index contributed by atoms with van der Waals surface area (Å²) >= 11 is 1.60. The van der Waals surface area contributed by atoms with Crippen molar-refractivity contribution < 1.29 is 4.79 Å². The minimum Gasteiger partial charge on any atom is -0.324 e. The van der Waals surface area contributed by atoms with Crippen LogP contribution in [-0.2, 0) is 4.79 Å². The van der Waals surface area contributed by atoms with E-state index < -0.39 is 6.04 Å². The lowest BCUT2D eigenvalue weighted by Crippen LogP contribution is -2.34. The lowest BCUT2D eigenvalue weighted by atomic mass is 10.2. The van der Waals surface area contributed by atoms with Crippen LogP contribution in [0.4, 0.5) is 5.69 Å². The van der Waals surface area contributed by atoms with Gasteiger partial charge in [-0.25, -0.2) is 0 Å². The minimum absolute atomic E-state index is 0.126. The zero-order valence-corrected chi connectivity index (χ0v) is 9.80. The molecular weight excluding hydrogens is 208 g/mol. The molecule has 0 aliphatic carbocycles. The van der Waals surface area contributed by atoms with Crippen LogP contribution < -0.4 is 11.1 Å². The second-order valence-electron chi connectivity index (χ2n) is 3.20. The Morgan fingerprint density at radius 1 is 1.53 bits per heavy atom. The molecule has 1 amide bonds. The number of carbonyl (C=O) groups is 1. The first-order chi connectivity index (χ1) is 7.19. The third kappa shape index (κ3) is 3.25. The summed E-state index contributed by atoms with van der Waals surface area (Å²) in [4.78, 5) is 12.6. The molecule has 15 heavy (non-hydrogen) atoms. The van der Waals surface area contributed by atoms with Crippen LogP contribution in [0.1, 0.15) is 13.3 Å². The molecule has 0 aliphatic heterocycles. The second-order valence-corrected chi connectivity index (χ2v) is 4.05. The minimum atomic E-state index is -0.431. The monoisotopic (exact) mass is 224 g/mol. The van der Waals surface area contributed by atoms with Gasteiger partial charge in [-0.2, -0.15) is 0 Å². The quantitative estimate of drug-likeness (QED) is 0.770. The largest absolute Gasteiger partial charge is 0.324 e. The van der Waals surface area contributed by atoms with Gasteiger partial charge in [0.2, 0.25) is 5.91 Å². The van der Waals surface area contributed by atoms with Crippen LogP contribution in [0.15, 0.2) is 29.2 Å². The van der Waals surface area contributed by atoms with Gasteiger partial charge in [-0.1, -0.05) is 19.1 Å². The molecule has 4 heteroatoms. The Balaban J connectivity index is 2.76. The molecule has 1 aromatic carbocycles. The van der Waals surface area contributed by atoms with Crippen molar-refractivity contribution in [3.63, 3.8) is 0 Å². The van der Waals surface area contributed by atoms with Crippen LogP contribution in [0.2, 0.25) is 0 Å². The maximum absolute atomic E-state index is 11.6. The summed E-state index contributed by atoms with van der Waals surface area (Å²) in [6.45, 7) is 1.89. The van der Waals surface area contributed by atoms with Crippen molar-refractivity contribution in [2.45, 2.75) is 24.3 Å². The maximum atomic E-state index is 11.6. The van der Waals surface area contributed by atoms with E-state index in [-0.39, 0.29) is 5.91 Å². The third-order valence-corrected chi connectivity index (χ3v) is 2.94. The first-order valence-corrected chi connectivity index (χ1v) is 6.11. The van der Waals surface area contributed by atoms with Crippen LogP contribution in [-0.4, -0.2) is 18.2 Å². The molecule has 0 bridgehead atoms. The Morgan fingerprint density at radius 3 is 2.80 bits per heavy atom. The SMILES string of the molecule is CCC(N)C(=O)Nc1ccccc1SC. The number of hydrogen-bond donors (Lipinski definition) is 2. The molecule has 1 atom stereocenters. The lowest BCUT2D eigenvalue weighted by Gasteiger charge is -2.12. The zero-order valence-electron chi connectivity index (χ0n) is 8.99. The van der Waals surface area contributed by atoms with Gasteiger partial charge < -0.3 is 11.1 Å². The van der Waals surface area contributed by atoms with E-state index in [1.54, 1.807) is 11.8 Å². The lowest BCUT2D eigenvalue weighted by molar-refractivity contribution is -0.117. The Labute approximate surface area is 94.4 Å². The highest BCUT2D eigenvalue weighted by atomic mass is 32.2. The van der Waals surface area contributed by atoms with E-state index >= 15 is 0 Å². The number of hydrogen-bond acceptors (Lipinski definition) is 3. The smallest absolute Gasteiger partial charge is 0.241 e. The fourth-order valence-corrected chi connectivity index (χ4v) is 1.71. The van der Waals surface area contributed by atoms with Gasteiger partial charge in [0.1, 0.15) is 0 Å². The molecule has 3 N–H and O–H groups in total. The summed E-state index contributed by atoms with van der Waals surface area (Å²) in [7, 11) is 0. The average Bonchev–Trinajstić information content (AvgIpc) is 2.28. The molecule has 0 heterocycles. The summed E-state index contributed by atoms with van der Waals surface area (Å²) in [5, 5.41) is 2.83. The summed E-state index contributed by atoms with van der Waals surface area (Å²) < 4.78 is 0. The molecule has 1 unspecified atom stereocenters. The Kier molecular flexibility index (Phi) is 4.65. The van der Waals surface area contributed by atoms with E-state index in [0.29, 0.717) is 6.42 Å². The number of carbonyl (C=O) groups excluding carboxylic acids is 1. The third-order valence-electron chi connectivity index (χ3n) is 2.14. The maximum Gasteiger partial charge on any atom is 0.241 e. The van der Waals surface area contributed by atoms with E-state index in [1.165, 1.54) is 0 Å². The fraction of sp³-hybridized carbons (Fsp3) is 0.364. The number of anilines is 1. The van der Waals surface area contributed by atoms with Gasteiger partial charge in [0.25, 0.3) is 0 Å². The van der Waals surface area contributed by atoms with Crippen molar-refractivity contribution >= 4 is 23.4 Å². The van der Waals surface area contributed by atoms with Crippen molar-refractivity contribution in [2.75, 3.05) is 11.6 Å². The normalized spacial score (nSPS) is 12.2. The predicted molar refractivity (Wildman–Crippen MR) is 65.1 cm³/mol. The van der Waals surface area contributed by atoms with Gasteiger partial charge in [-0.3, -0.25) is 4.79 Å². The number of amides is 1. The van der Waals surface area contributed by atoms with E-state index in [1.807, 2.05) is 37.4 Å². The van der Waals surface area contributed by atoms with E-state index in [2.05, 4.69) is 5.32 Å². The molecule has 0 fully saturated rings. The number of rotatable bonds is 4. The average molecular weight is 224 g/mol. The van der Waals surface area contributed by atoms with E-state index in [0.717, 1.165) is 10.6 Å². The number of thioether (sulfide) groups is 1. The van der Waals surface area contributed by atoms with Crippen LogP contribution in [0.3, 0.4) is 0 Å². The summed E-state index contributed by atoms with van der Waals surface area (Å²) in [5.41, 5.74) is 6.47. The number of para-hydroxylation sites is 1. The number of nitrogens with one attached hydrogen (secondary N) is 1. The Bertz CT molecular complexity index is 341. The first-order valence-electron chi connectivity index (χ1n) is 4.88. The molecular formula is C11H16N2OS. The molecule has 1 aromatic rings. The summed E-state index contributed by atoms with van der Waals surface area (Å²) in [6, 6.07) is 7.26. The van der Waals surface area contributed by atoms with E-state index in [9.17, 15) is 4.79 Å². The molecule has 0 aromatic heterocycles. The van der Waals surface area contributed by atoms with Crippen molar-refractivity contribution in [3.05, 3.63) is 24.3 Å². The Morgan fingerprint density at radius 2 is 2.20 bits per heavy atom. The van der Waals surface area contributed by atoms with Gasteiger partial charge in [0.05, 0.1) is 11.7 Å².